The highest BCUT2D eigenvalue weighted by Crippen LogP contribution is 2.15. The van der Waals surface area contributed by atoms with Gasteiger partial charge in [0, 0.05) is 19.4 Å². The summed E-state index contributed by atoms with van der Waals surface area (Å²) in [5.41, 5.74) is 1.22. The van der Waals surface area contributed by atoms with Crippen molar-refractivity contribution in [3.05, 3.63) is 54.1 Å². The normalized spacial score (nSPS) is 13.1. The summed E-state index contributed by atoms with van der Waals surface area (Å²) in [5.74, 6) is 0.878. The summed E-state index contributed by atoms with van der Waals surface area (Å²) in [6.45, 7) is 2.08. The Morgan fingerprint density at radius 2 is 2.06 bits per heavy atom. The van der Waals surface area contributed by atoms with E-state index in [4.69, 9.17) is 0 Å². The van der Waals surface area contributed by atoms with Crippen molar-refractivity contribution in [2.45, 2.75) is 13.0 Å². The van der Waals surface area contributed by atoms with Gasteiger partial charge >= 0.3 is 0 Å². The lowest BCUT2D eigenvalue weighted by atomic mass is 10.1. The van der Waals surface area contributed by atoms with Crippen LogP contribution in [0.4, 0.5) is 0 Å². The second-order valence-corrected chi connectivity index (χ2v) is 3.76. The van der Waals surface area contributed by atoms with Gasteiger partial charge in [-0.1, -0.05) is 30.3 Å². The fraction of sp³-hybridized carbons (Fsp3) is 0.231. The fourth-order valence-corrected chi connectivity index (χ4v) is 1.50. The Hall–Kier alpha value is -1.90. The first-order valence-corrected chi connectivity index (χ1v) is 5.33. The van der Waals surface area contributed by atoms with Crippen LogP contribution in [-0.2, 0) is 7.05 Å². The van der Waals surface area contributed by atoms with E-state index in [1.807, 2.05) is 42.2 Å². The van der Waals surface area contributed by atoms with E-state index in [1.165, 1.54) is 5.56 Å². The SMILES string of the molecule is CC(N=Cc1nccn1C)c1ccccc1. The molecule has 0 aliphatic carbocycles. The maximum Gasteiger partial charge on any atom is 0.150 e. The summed E-state index contributed by atoms with van der Waals surface area (Å²) in [6.07, 6.45) is 5.50. The van der Waals surface area contributed by atoms with Crippen LogP contribution in [0.2, 0.25) is 0 Å². The van der Waals surface area contributed by atoms with Crippen LogP contribution in [-0.4, -0.2) is 15.8 Å². The third kappa shape index (κ3) is 2.37. The topological polar surface area (TPSA) is 30.2 Å². The number of nitrogens with zero attached hydrogens (tertiary/aromatic N) is 3. The second kappa shape index (κ2) is 4.75. The molecule has 0 radical (unpaired) electrons. The molecule has 0 bridgehead atoms. The fourth-order valence-electron chi connectivity index (χ4n) is 1.50. The largest absolute Gasteiger partial charge is 0.333 e. The smallest absolute Gasteiger partial charge is 0.150 e. The van der Waals surface area contributed by atoms with Gasteiger partial charge in [-0.2, -0.15) is 0 Å². The van der Waals surface area contributed by atoms with Crippen LogP contribution in [0, 0.1) is 0 Å². The van der Waals surface area contributed by atoms with Crippen molar-refractivity contribution < 1.29 is 0 Å². The Bertz CT molecular complexity index is 471. The molecule has 0 saturated heterocycles. The average molecular weight is 213 g/mol. The number of hydrogen-bond donors (Lipinski definition) is 0. The lowest BCUT2D eigenvalue weighted by Gasteiger charge is -2.05. The van der Waals surface area contributed by atoms with E-state index in [0.29, 0.717) is 0 Å². The van der Waals surface area contributed by atoms with Gasteiger partial charge in [-0.25, -0.2) is 4.98 Å². The first-order chi connectivity index (χ1) is 7.77. The Balaban J connectivity index is 2.11. The van der Waals surface area contributed by atoms with Crippen LogP contribution >= 0.6 is 0 Å². The Kier molecular flexibility index (Phi) is 3.15. The van der Waals surface area contributed by atoms with Crippen molar-refractivity contribution in [3.8, 4) is 0 Å². The van der Waals surface area contributed by atoms with Gasteiger partial charge in [-0.3, -0.25) is 4.99 Å². The van der Waals surface area contributed by atoms with E-state index in [-0.39, 0.29) is 6.04 Å². The minimum Gasteiger partial charge on any atom is -0.333 e. The molecule has 82 valence electrons. The number of aromatic nitrogens is 2. The number of hydrogen-bond acceptors (Lipinski definition) is 2. The molecular formula is C13H15N3. The van der Waals surface area contributed by atoms with Crippen molar-refractivity contribution in [2.75, 3.05) is 0 Å². The molecule has 1 atom stereocenters. The molecule has 1 unspecified atom stereocenters. The molecular weight excluding hydrogens is 198 g/mol. The highest BCUT2D eigenvalue weighted by atomic mass is 15.0. The Morgan fingerprint density at radius 3 is 2.69 bits per heavy atom. The molecule has 0 saturated carbocycles. The summed E-state index contributed by atoms with van der Waals surface area (Å²) in [4.78, 5) is 8.68. The molecule has 0 aliphatic heterocycles. The van der Waals surface area contributed by atoms with Gasteiger partial charge in [0.1, 0.15) is 5.82 Å². The van der Waals surface area contributed by atoms with Gasteiger partial charge in [-0.05, 0) is 12.5 Å². The van der Waals surface area contributed by atoms with E-state index in [2.05, 4.69) is 29.0 Å². The molecule has 0 fully saturated rings. The summed E-state index contributed by atoms with van der Waals surface area (Å²) in [6, 6.07) is 10.4. The van der Waals surface area contributed by atoms with E-state index in [0.717, 1.165) is 5.82 Å². The summed E-state index contributed by atoms with van der Waals surface area (Å²) >= 11 is 0. The van der Waals surface area contributed by atoms with Gasteiger partial charge in [0.15, 0.2) is 0 Å². The highest BCUT2D eigenvalue weighted by molar-refractivity contribution is 5.74. The van der Waals surface area contributed by atoms with Gasteiger partial charge in [0.2, 0.25) is 0 Å². The number of aryl methyl sites for hydroxylation is 1. The summed E-state index contributed by atoms with van der Waals surface area (Å²) < 4.78 is 1.95. The quantitative estimate of drug-likeness (QED) is 0.721. The molecule has 1 heterocycles. The number of benzene rings is 1. The van der Waals surface area contributed by atoms with E-state index < -0.39 is 0 Å². The van der Waals surface area contributed by atoms with Crippen molar-refractivity contribution >= 4 is 6.21 Å². The first kappa shape index (κ1) is 10.6. The number of aliphatic imine (C=N–C) groups is 1. The maximum absolute atomic E-state index is 4.49. The minimum absolute atomic E-state index is 0.165. The molecule has 16 heavy (non-hydrogen) atoms. The molecule has 1 aromatic carbocycles. The second-order valence-electron chi connectivity index (χ2n) is 3.76. The zero-order valence-corrected chi connectivity index (χ0v) is 9.54. The van der Waals surface area contributed by atoms with Crippen molar-refractivity contribution in [3.63, 3.8) is 0 Å². The lowest BCUT2D eigenvalue weighted by Crippen LogP contribution is -1.97. The zero-order valence-electron chi connectivity index (χ0n) is 9.54. The van der Waals surface area contributed by atoms with Crippen LogP contribution in [0.1, 0.15) is 24.4 Å². The maximum atomic E-state index is 4.49. The molecule has 0 N–H and O–H groups in total. The van der Waals surface area contributed by atoms with Crippen LogP contribution < -0.4 is 0 Å². The summed E-state index contributed by atoms with van der Waals surface area (Å²) in [5, 5.41) is 0. The zero-order chi connectivity index (χ0) is 11.4. The van der Waals surface area contributed by atoms with E-state index in [1.54, 1.807) is 6.20 Å². The lowest BCUT2D eigenvalue weighted by molar-refractivity contribution is 0.818. The van der Waals surface area contributed by atoms with Gasteiger partial charge in [0.25, 0.3) is 0 Å². The molecule has 0 aliphatic rings. The highest BCUT2D eigenvalue weighted by Gasteiger charge is 2.01. The minimum atomic E-state index is 0.165. The standard InChI is InChI=1S/C13H15N3/c1-11(12-6-4-3-5-7-12)15-10-13-14-8-9-16(13)2/h3-11H,1-2H3. The number of imidazole rings is 1. The number of rotatable bonds is 3. The van der Waals surface area contributed by atoms with Crippen molar-refractivity contribution in [1.29, 1.82) is 0 Å². The van der Waals surface area contributed by atoms with Crippen LogP contribution in [0.3, 0.4) is 0 Å². The molecule has 2 aromatic rings. The molecule has 1 aromatic heterocycles. The van der Waals surface area contributed by atoms with Gasteiger partial charge in [0.05, 0.1) is 12.3 Å². The Labute approximate surface area is 95.5 Å². The molecule has 3 heteroatoms. The first-order valence-electron chi connectivity index (χ1n) is 5.33. The molecule has 2 rings (SSSR count). The monoisotopic (exact) mass is 213 g/mol. The van der Waals surface area contributed by atoms with Crippen LogP contribution in [0.25, 0.3) is 0 Å². The molecule has 0 amide bonds. The molecule has 0 spiro atoms. The average Bonchev–Trinajstić information content (AvgIpc) is 2.73. The summed E-state index contributed by atoms with van der Waals surface area (Å²) in [7, 11) is 1.96. The van der Waals surface area contributed by atoms with Gasteiger partial charge < -0.3 is 4.57 Å². The van der Waals surface area contributed by atoms with Crippen molar-refractivity contribution in [1.82, 2.24) is 9.55 Å². The van der Waals surface area contributed by atoms with E-state index >= 15 is 0 Å². The third-order valence-electron chi connectivity index (χ3n) is 2.55. The van der Waals surface area contributed by atoms with Crippen LogP contribution in [0.5, 0.6) is 0 Å². The third-order valence-corrected chi connectivity index (χ3v) is 2.55. The van der Waals surface area contributed by atoms with Crippen LogP contribution in [0.15, 0.2) is 47.7 Å². The Morgan fingerprint density at radius 1 is 1.31 bits per heavy atom. The predicted molar refractivity (Wildman–Crippen MR) is 65.7 cm³/mol. The van der Waals surface area contributed by atoms with Crippen molar-refractivity contribution in [2.24, 2.45) is 12.0 Å². The van der Waals surface area contributed by atoms with E-state index in [9.17, 15) is 0 Å². The van der Waals surface area contributed by atoms with Gasteiger partial charge in [-0.15, -0.1) is 0 Å². The predicted octanol–water partition coefficient (Wildman–Crippen LogP) is 2.60. The molecule has 3 nitrogen and oxygen atoms in total.